The summed E-state index contributed by atoms with van der Waals surface area (Å²) in [6.07, 6.45) is 6.12. The molecule has 2 saturated heterocycles. The second-order valence-corrected chi connectivity index (χ2v) is 9.83. The maximum absolute atomic E-state index is 14.0. The zero-order chi connectivity index (χ0) is 20.9. The molecule has 0 aliphatic carbocycles. The molecule has 156 valence electrons. The average molecular weight is 428 g/mol. The highest BCUT2D eigenvalue weighted by Crippen LogP contribution is 2.45. The number of fused-ring (bicyclic) bond motifs is 2. The monoisotopic (exact) mass is 428 g/mol. The molecule has 2 unspecified atom stereocenters. The maximum Gasteiger partial charge on any atom is 0.243 e. The Labute approximate surface area is 174 Å². The van der Waals surface area contributed by atoms with E-state index in [1.807, 2.05) is 12.1 Å². The average Bonchev–Trinajstić information content (AvgIpc) is 3.34. The second kappa shape index (κ2) is 7.24. The molecule has 0 N–H and O–H groups in total. The Morgan fingerprint density at radius 3 is 2.47 bits per heavy atom. The first-order valence-corrected chi connectivity index (χ1v) is 11.4. The van der Waals surface area contributed by atoms with E-state index in [2.05, 4.69) is 15.1 Å². The first-order chi connectivity index (χ1) is 14.4. The smallest absolute Gasteiger partial charge is 0.243 e. The zero-order valence-corrected chi connectivity index (χ0v) is 17.2. The minimum Gasteiger partial charge on any atom is -0.339 e. The lowest BCUT2D eigenvalue weighted by molar-refractivity contribution is 0.202. The molecular weight excluding hydrogens is 407 g/mol. The number of sulfonamides is 1. The Morgan fingerprint density at radius 2 is 1.80 bits per heavy atom. The summed E-state index contributed by atoms with van der Waals surface area (Å²) in [4.78, 5) is 8.55. The van der Waals surface area contributed by atoms with Crippen molar-refractivity contribution in [3.8, 4) is 11.4 Å². The predicted octanol–water partition coefficient (Wildman–Crippen LogP) is 3.68. The number of aryl methyl sites for hydroxylation is 1. The molecule has 7 nitrogen and oxygen atoms in total. The van der Waals surface area contributed by atoms with Crippen molar-refractivity contribution in [2.75, 3.05) is 0 Å². The summed E-state index contributed by atoms with van der Waals surface area (Å²) in [6, 6.07) is 7.44. The lowest BCUT2D eigenvalue weighted by Crippen LogP contribution is -2.46. The lowest BCUT2D eigenvalue weighted by atomic mass is 9.92. The molecule has 2 bridgehead atoms. The van der Waals surface area contributed by atoms with Crippen LogP contribution in [0.1, 0.15) is 43.1 Å². The van der Waals surface area contributed by atoms with Crippen molar-refractivity contribution >= 4 is 10.0 Å². The molecule has 0 saturated carbocycles. The van der Waals surface area contributed by atoms with Gasteiger partial charge in [0.25, 0.3) is 0 Å². The van der Waals surface area contributed by atoms with Crippen LogP contribution in [0.2, 0.25) is 0 Å². The quantitative estimate of drug-likeness (QED) is 0.630. The van der Waals surface area contributed by atoms with Crippen molar-refractivity contribution in [2.45, 2.75) is 55.5 Å². The van der Waals surface area contributed by atoms with Crippen LogP contribution < -0.4 is 0 Å². The highest BCUT2D eigenvalue weighted by atomic mass is 32.2. The van der Waals surface area contributed by atoms with E-state index in [0.29, 0.717) is 30.1 Å². The first kappa shape index (κ1) is 19.3. The third-order valence-corrected chi connectivity index (χ3v) is 8.12. The fraction of sp³-hybridized carbons (Fsp3) is 0.381. The van der Waals surface area contributed by atoms with Gasteiger partial charge in [-0.25, -0.2) is 12.8 Å². The first-order valence-electron chi connectivity index (χ1n) is 9.97. The van der Waals surface area contributed by atoms with Crippen LogP contribution in [0, 0.1) is 12.7 Å². The van der Waals surface area contributed by atoms with Gasteiger partial charge in [0.2, 0.25) is 21.7 Å². The van der Waals surface area contributed by atoms with E-state index >= 15 is 0 Å². The molecule has 0 amide bonds. The molecule has 3 aromatic rings. The van der Waals surface area contributed by atoms with E-state index in [4.69, 9.17) is 4.52 Å². The highest BCUT2D eigenvalue weighted by molar-refractivity contribution is 7.89. The number of piperidine rings is 1. The number of hydrogen-bond donors (Lipinski definition) is 0. The second-order valence-electron chi connectivity index (χ2n) is 7.99. The van der Waals surface area contributed by atoms with Crippen LogP contribution in [0.4, 0.5) is 4.39 Å². The molecule has 2 atom stereocenters. The Hall–Kier alpha value is -2.65. The molecule has 5 rings (SSSR count). The molecule has 0 radical (unpaired) electrons. The summed E-state index contributed by atoms with van der Waals surface area (Å²) in [6.45, 7) is 1.62. The molecular formula is C21H21FN4O3S. The zero-order valence-electron chi connectivity index (χ0n) is 16.4. The molecule has 2 fully saturated rings. The van der Waals surface area contributed by atoms with Gasteiger partial charge in [0.05, 0.1) is 4.90 Å². The van der Waals surface area contributed by atoms with Gasteiger partial charge in [-0.15, -0.1) is 0 Å². The van der Waals surface area contributed by atoms with E-state index < -0.39 is 15.8 Å². The van der Waals surface area contributed by atoms with Crippen LogP contribution in [0.25, 0.3) is 11.4 Å². The van der Waals surface area contributed by atoms with Gasteiger partial charge in [0, 0.05) is 36.0 Å². The normalized spacial score (nSPS) is 24.3. The number of rotatable bonds is 4. The fourth-order valence-electron chi connectivity index (χ4n) is 4.60. The van der Waals surface area contributed by atoms with Crippen molar-refractivity contribution in [3.63, 3.8) is 0 Å². The predicted molar refractivity (Wildman–Crippen MR) is 106 cm³/mol. The third kappa shape index (κ3) is 3.22. The van der Waals surface area contributed by atoms with E-state index in [-0.39, 0.29) is 22.9 Å². The van der Waals surface area contributed by atoms with E-state index in [0.717, 1.165) is 24.5 Å². The van der Waals surface area contributed by atoms with Crippen LogP contribution >= 0.6 is 0 Å². The standard InChI is InChI=1S/C21H21FN4O3S/c1-13-2-5-18(12-19(13)22)30(27,28)26-16-3-4-17(26)11-15(10-16)21-24-20(25-29-21)14-6-8-23-9-7-14/h2,5-9,12,15-17H,3-4,10-11H2,1H3. The van der Waals surface area contributed by atoms with Gasteiger partial charge in [0.1, 0.15) is 5.82 Å². The van der Waals surface area contributed by atoms with Gasteiger partial charge < -0.3 is 4.52 Å². The van der Waals surface area contributed by atoms with Crippen molar-refractivity contribution in [3.05, 3.63) is 60.0 Å². The van der Waals surface area contributed by atoms with Crippen LogP contribution in [0.5, 0.6) is 0 Å². The SMILES string of the molecule is Cc1ccc(S(=O)(=O)N2C3CCC2CC(c2nc(-c4ccncc4)no2)C3)cc1F. The van der Waals surface area contributed by atoms with Crippen LogP contribution in [0.3, 0.4) is 0 Å². The number of pyridine rings is 1. The molecule has 2 aliphatic heterocycles. The van der Waals surface area contributed by atoms with Gasteiger partial charge in [0.15, 0.2) is 0 Å². The van der Waals surface area contributed by atoms with Crippen LogP contribution in [-0.4, -0.2) is 39.9 Å². The van der Waals surface area contributed by atoms with Gasteiger partial charge >= 0.3 is 0 Å². The molecule has 0 spiro atoms. The van der Waals surface area contributed by atoms with Crippen molar-refractivity contribution in [1.82, 2.24) is 19.4 Å². The number of hydrogen-bond acceptors (Lipinski definition) is 6. The summed E-state index contributed by atoms with van der Waals surface area (Å²) in [7, 11) is -3.76. The number of halogens is 1. The van der Waals surface area contributed by atoms with E-state index in [1.165, 1.54) is 12.1 Å². The molecule has 4 heterocycles. The number of nitrogens with zero attached hydrogens (tertiary/aromatic N) is 4. The van der Waals surface area contributed by atoms with Crippen LogP contribution in [0.15, 0.2) is 52.1 Å². The van der Waals surface area contributed by atoms with Gasteiger partial charge in [-0.05, 0) is 62.4 Å². The van der Waals surface area contributed by atoms with E-state index in [9.17, 15) is 12.8 Å². The topological polar surface area (TPSA) is 89.2 Å². The molecule has 1 aromatic carbocycles. The van der Waals surface area contributed by atoms with Crippen molar-refractivity contribution in [1.29, 1.82) is 0 Å². The van der Waals surface area contributed by atoms with Crippen LogP contribution in [-0.2, 0) is 10.0 Å². The lowest BCUT2D eigenvalue weighted by Gasteiger charge is -2.36. The highest BCUT2D eigenvalue weighted by Gasteiger charge is 2.48. The number of aromatic nitrogens is 3. The minimum absolute atomic E-state index is 0.00629. The largest absolute Gasteiger partial charge is 0.339 e. The van der Waals surface area contributed by atoms with Crippen molar-refractivity contribution in [2.24, 2.45) is 0 Å². The minimum atomic E-state index is -3.76. The van der Waals surface area contributed by atoms with Gasteiger partial charge in [-0.1, -0.05) is 11.2 Å². The molecule has 30 heavy (non-hydrogen) atoms. The Morgan fingerprint density at radius 1 is 1.10 bits per heavy atom. The summed E-state index contributed by atoms with van der Waals surface area (Å²) in [5, 5.41) is 4.08. The van der Waals surface area contributed by atoms with Crippen molar-refractivity contribution < 1.29 is 17.3 Å². The van der Waals surface area contributed by atoms with Gasteiger partial charge in [-0.3, -0.25) is 4.98 Å². The molecule has 9 heteroatoms. The summed E-state index contributed by atoms with van der Waals surface area (Å²) < 4.78 is 47.6. The third-order valence-electron chi connectivity index (χ3n) is 6.11. The Bertz CT molecular complexity index is 1170. The Kier molecular flexibility index (Phi) is 4.67. The Balaban J connectivity index is 1.39. The number of benzene rings is 1. The maximum atomic E-state index is 14.0. The van der Waals surface area contributed by atoms with Gasteiger partial charge in [-0.2, -0.15) is 9.29 Å². The summed E-state index contributed by atoms with van der Waals surface area (Å²) >= 11 is 0. The summed E-state index contributed by atoms with van der Waals surface area (Å²) in [5.74, 6) is 0.543. The summed E-state index contributed by atoms with van der Waals surface area (Å²) in [5.41, 5.74) is 1.25. The van der Waals surface area contributed by atoms with E-state index in [1.54, 1.807) is 23.6 Å². The fourth-order valence-corrected chi connectivity index (χ4v) is 6.51. The molecule has 2 aliphatic rings. The molecule has 2 aromatic heterocycles.